The van der Waals surface area contributed by atoms with Crippen molar-refractivity contribution < 1.29 is 9.53 Å². The van der Waals surface area contributed by atoms with Crippen LogP contribution in [0.4, 0.5) is 5.69 Å². The minimum atomic E-state index is -0.222. The van der Waals surface area contributed by atoms with Gasteiger partial charge in [0, 0.05) is 11.6 Å². The van der Waals surface area contributed by atoms with Crippen LogP contribution in [0.5, 0.6) is 5.75 Å². The average molecular weight is 328 g/mol. The second-order valence-electron chi connectivity index (χ2n) is 5.73. The number of pyridine rings is 1. The molecule has 0 atom stereocenters. The summed E-state index contributed by atoms with van der Waals surface area (Å²) >= 11 is 0. The molecule has 0 fully saturated rings. The summed E-state index contributed by atoms with van der Waals surface area (Å²) < 4.78 is 5.42. The summed E-state index contributed by atoms with van der Waals surface area (Å²) in [5, 5.41) is 5.96. The summed E-state index contributed by atoms with van der Waals surface area (Å²) in [5.41, 5.74) is 1.94. The van der Waals surface area contributed by atoms with Gasteiger partial charge >= 0.3 is 0 Å². The maximum atomic E-state index is 12.9. The first-order chi connectivity index (χ1) is 12.3. The molecule has 4 nitrogen and oxygen atoms in total. The van der Waals surface area contributed by atoms with Crippen LogP contribution in [-0.4, -0.2) is 18.0 Å². The molecule has 122 valence electrons. The summed E-state index contributed by atoms with van der Waals surface area (Å²) in [6, 6.07) is 21.2. The van der Waals surface area contributed by atoms with E-state index in [1.807, 2.05) is 66.7 Å². The molecule has 25 heavy (non-hydrogen) atoms. The van der Waals surface area contributed by atoms with Crippen molar-refractivity contribution in [1.29, 1.82) is 0 Å². The highest BCUT2D eigenvalue weighted by atomic mass is 16.5. The zero-order valence-electron chi connectivity index (χ0n) is 13.7. The second kappa shape index (κ2) is 6.24. The fourth-order valence-electron chi connectivity index (χ4n) is 2.96. The van der Waals surface area contributed by atoms with E-state index >= 15 is 0 Å². The standard InChI is InChI=1S/C21H16N2O2/c1-25-19-13-16-7-3-2-6-15(16)12-17(19)21(24)23-18-10-4-8-14-9-5-11-22-20(14)18/h2-13H,1H3,(H,23,24). The fraction of sp³-hybridized carbons (Fsp3) is 0.0476. The Balaban J connectivity index is 1.77. The van der Waals surface area contributed by atoms with Gasteiger partial charge in [-0.05, 0) is 35.0 Å². The van der Waals surface area contributed by atoms with Crippen molar-refractivity contribution in [1.82, 2.24) is 4.98 Å². The lowest BCUT2D eigenvalue weighted by atomic mass is 10.0. The second-order valence-corrected chi connectivity index (χ2v) is 5.73. The highest BCUT2D eigenvalue weighted by molar-refractivity contribution is 6.11. The van der Waals surface area contributed by atoms with Crippen LogP contribution in [0, 0.1) is 0 Å². The number of carbonyl (C=O) groups is 1. The predicted octanol–water partition coefficient (Wildman–Crippen LogP) is 4.65. The molecule has 4 rings (SSSR count). The Morgan fingerprint density at radius 1 is 0.920 bits per heavy atom. The van der Waals surface area contributed by atoms with E-state index < -0.39 is 0 Å². The van der Waals surface area contributed by atoms with Gasteiger partial charge in [-0.15, -0.1) is 0 Å². The van der Waals surface area contributed by atoms with Gasteiger partial charge < -0.3 is 10.1 Å². The molecule has 0 spiro atoms. The van der Waals surface area contributed by atoms with Crippen LogP contribution in [0.15, 0.2) is 72.9 Å². The summed E-state index contributed by atoms with van der Waals surface area (Å²) in [6.07, 6.45) is 1.72. The van der Waals surface area contributed by atoms with Crippen molar-refractivity contribution in [2.24, 2.45) is 0 Å². The molecule has 4 heteroatoms. The zero-order chi connectivity index (χ0) is 17.2. The third-order valence-corrected chi connectivity index (χ3v) is 4.19. The quantitative estimate of drug-likeness (QED) is 0.595. The molecule has 1 N–H and O–H groups in total. The van der Waals surface area contributed by atoms with Gasteiger partial charge in [-0.2, -0.15) is 0 Å². The highest BCUT2D eigenvalue weighted by Crippen LogP contribution is 2.28. The van der Waals surface area contributed by atoms with Crippen molar-refractivity contribution in [3.05, 3.63) is 78.5 Å². The number of anilines is 1. The zero-order valence-corrected chi connectivity index (χ0v) is 13.7. The number of hydrogen-bond acceptors (Lipinski definition) is 3. The number of rotatable bonds is 3. The number of carbonyl (C=O) groups excluding carboxylic acids is 1. The number of amides is 1. The SMILES string of the molecule is COc1cc2ccccc2cc1C(=O)Nc1cccc2cccnc12. The normalized spacial score (nSPS) is 10.8. The van der Waals surface area contributed by atoms with Crippen LogP contribution in [0.25, 0.3) is 21.7 Å². The highest BCUT2D eigenvalue weighted by Gasteiger charge is 2.15. The molecule has 0 unspecified atom stereocenters. The molecule has 3 aromatic carbocycles. The maximum absolute atomic E-state index is 12.9. The van der Waals surface area contributed by atoms with Crippen LogP contribution in [0.2, 0.25) is 0 Å². The molecule has 1 amide bonds. The number of nitrogens with one attached hydrogen (secondary N) is 1. The molecule has 0 aliphatic heterocycles. The molecule has 0 aliphatic carbocycles. The number of fused-ring (bicyclic) bond motifs is 2. The molecule has 0 saturated heterocycles. The Kier molecular flexibility index (Phi) is 3.78. The minimum absolute atomic E-state index is 0.222. The lowest BCUT2D eigenvalue weighted by Crippen LogP contribution is -2.13. The monoisotopic (exact) mass is 328 g/mol. The van der Waals surface area contributed by atoms with Crippen molar-refractivity contribution >= 4 is 33.3 Å². The molecule has 1 heterocycles. The first-order valence-electron chi connectivity index (χ1n) is 7.98. The van der Waals surface area contributed by atoms with Crippen LogP contribution < -0.4 is 10.1 Å². The molecule has 0 saturated carbocycles. The number of methoxy groups -OCH3 is 1. The topological polar surface area (TPSA) is 51.2 Å². The van der Waals surface area contributed by atoms with Crippen molar-refractivity contribution in [2.75, 3.05) is 12.4 Å². The van der Waals surface area contributed by atoms with E-state index in [1.54, 1.807) is 13.3 Å². The number of benzene rings is 3. The van der Waals surface area contributed by atoms with Crippen molar-refractivity contribution in [2.45, 2.75) is 0 Å². The smallest absolute Gasteiger partial charge is 0.259 e. The van der Waals surface area contributed by atoms with Gasteiger partial charge in [0.05, 0.1) is 23.9 Å². The molecule has 0 radical (unpaired) electrons. The van der Waals surface area contributed by atoms with E-state index in [0.29, 0.717) is 17.0 Å². The predicted molar refractivity (Wildman–Crippen MR) is 100 cm³/mol. The Bertz CT molecular complexity index is 1080. The van der Waals surface area contributed by atoms with E-state index in [-0.39, 0.29) is 5.91 Å². The van der Waals surface area contributed by atoms with E-state index in [0.717, 1.165) is 21.7 Å². The minimum Gasteiger partial charge on any atom is -0.496 e. The van der Waals surface area contributed by atoms with Crippen molar-refractivity contribution in [3.63, 3.8) is 0 Å². The Hall–Kier alpha value is -3.40. The summed E-state index contributed by atoms with van der Waals surface area (Å²) in [5.74, 6) is 0.324. The molecule has 4 aromatic rings. The fourth-order valence-corrected chi connectivity index (χ4v) is 2.96. The number of hydrogen-bond donors (Lipinski definition) is 1. The summed E-state index contributed by atoms with van der Waals surface area (Å²) in [7, 11) is 1.57. The van der Waals surface area contributed by atoms with E-state index in [4.69, 9.17) is 4.74 Å². The Labute approximate surface area is 145 Å². The first-order valence-corrected chi connectivity index (χ1v) is 7.98. The van der Waals surface area contributed by atoms with Crippen molar-refractivity contribution in [3.8, 4) is 5.75 Å². The number of para-hydroxylation sites is 1. The van der Waals surface area contributed by atoms with E-state index in [2.05, 4.69) is 10.3 Å². The number of nitrogens with zero attached hydrogens (tertiary/aromatic N) is 1. The number of aromatic nitrogens is 1. The molecular weight excluding hydrogens is 312 g/mol. The van der Waals surface area contributed by atoms with Gasteiger partial charge in [0.1, 0.15) is 5.75 Å². The average Bonchev–Trinajstić information content (AvgIpc) is 2.67. The third kappa shape index (κ3) is 2.78. The number of ether oxygens (including phenoxy) is 1. The van der Waals surface area contributed by atoms with Gasteiger partial charge in [-0.25, -0.2) is 0 Å². The van der Waals surface area contributed by atoms with Crippen LogP contribution >= 0.6 is 0 Å². The summed E-state index contributed by atoms with van der Waals surface area (Å²) in [4.78, 5) is 17.2. The van der Waals surface area contributed by atoms with Crippen LogP contribution in [-0.2, 0) is 0 Å². The lowest BCUT2D eigenvalue weighted by Gasteiger charge is -2.12. The van der Waals surface area contributed by atoms with E-state index in [1.165, 1.54) is 0 Å². The third-order valence-electron chi connectivity index (χ3n) is 4.19. The molecule has 0 bridgehead atoms. The Morgan fingerprint density at radius 2 is 1.64 bits per heavy atom. The Morgan fingerprint density at radius 3 is 2.44 bits per heavy atom. The lowest BCUT2D eigenvalue weighted by molar-refractivity contribution is 0.102. The molecular formula is C21H16N2O2. The summed E-state index contributed by atoms with van der Waals surface area (Å²) in [6.45, 7) is 0. The van der Waals surface area contributed by atoms with Gasteiger partial charge in [0.25, 0.3) is 5.91 Å². The van der Waals surface area contributed by atoms with Gasteiger partial charge in [-0.1, -0.05) is 42.5 Å². The largest absolute Gasteiger partial charge is 0.496 e. The van der Waals surface area contributed by atoms with Gasteiger partial charge in [-0.3, -0.25) is 9.78 Å². The van der Waals surface area contributed by atoms with Crippen LogP contribution in [0.3, 0.4) is 0 Å². The first kappa shape index (κ1) is 15.1. The molecule has 0 aliphatic rings. The maximum Gasteiger partial charge on any atom is 0.259 e. The van der Waals surface area contributed by atoms with Crippen LogP contribution in [0.1, 0.15) is 10.4 Å². The molecule has 1 aromatic heterocycles. The van der Waals surface area contributed by atoms with Gasteiger partial charge in [0.15, 0.2) is 0 Å². The van der Waals surface area contributed by atoms with E-state index in [9.17, 15) is 4.79 Å². The van der Waals surface area contributed by atoms with Gasteiger partial charge in [0.2, 0.25) is 0 Å².